The number of aromatic amines is 1. The van der Waals surface area contributed by atoms with Gasteiger partial charge in [0.1, 0.15) is 5.39 Å². The Morgan fingerprint density at radius 2 is 2.14 bits per heavy atom. The summed E-state index contributed by atoms with van der Waals surface area (Å²) < 4.78 is 6.91. The van der Waals surface area contributed by atoms with E-state index < -0.39 is 0 Å². The maximum Gasteiger partial charge on any atom is 0.298 e. The van der Waals surface area contributed by atoms with Crippen LogP contribution in [0.5, 0.6) is 6.01 Å². The number of ether oxygens (including phenoxy) is 1. The van der Waals surface area contributed by atoms with Gasteiger partial charge in [-0.05, 0) is 32.4 Å². The molecule has 2 heterocycles. The molecule has 0 radical (unpaired) electrons. The first-order valence-corrected chi connectivity index (χ1v) is 6.78. The fourth-order valence-electron chi connectivity index (χ4n) is 2.29. The van der Waals surface area contributed by atoms with Crippen molar-refractivity contribution in [3.63, 3.8) is 0 Å². The molecule has 2 aromatic heterocycles. The van der Waals surface area contributed by atoms with Crippen LogP contribution in [-0.4, -0.2) is 26.4 Å². The van der Waals surface area contributed by atoms with E-state index in [2.05, 4.69) is 21.1 Å². The Kier molecular flexibility index (Phi) is 3.21. The Morgan fingerprint density at radius 1 is 1.33 bits per heavy atom. The lowest BCUT2D eigenvalue weighted by atomic mass is 10.1. The molecule has 21 heavy (non-hydrogen) atoms. The van der Waals surface area contributed by atoms with Gasteiger partial charge >= 0.3 is 0 Å². The molecule has 108 valence electrons. The molecule has 1 aromatic carbocycles. The zero-order valence-electron chi connectivity index (χ0n) is 12.2. The van der Waals surface area contributed by atoms with Crippen LogP contribution in [0.1, 0.15) is 18.1 Å². The maximum atomic E-state index is 12.0. The lowest BCUT2D eigenvalue weighted by molar-refractivity contribution is 0.313. The van der Waals surface area contributed by atoms with E-state index in [0.717, 1.165) is 11.3 Å². The predicted molar refractivity (Wildman–Crippen MR) is 80.1 cm³/mol. The van der Waals surface area contributed by atoms with E-state index in [4.69, 9.17) is 4.74 Å². The summed E-state index contributed by atoms with van der Waals surface area (Å²) in [6, 6.07) is 6.26. The molecular formula is C15H16N4O2. The number of rotatable bonds is 3. The normalized spacial score (nSPS) is 11.0. The molecule has 0 aliphatic carbocycles. The van der Waals surface area contributed by atoms with Gasteiger partial charge < -0.3 is 4.74 Å². The summed E-state index contributed by atoms with van der Waals surface area (Å²) in [7, 11) is 0. The van der Waals surface area contributed by atoms with Gasteiger partial charge in [-0.25, -0.2) is 4.68 Å². The van der Waals surface area contributed by atoms with E-state index in [9.17, 15) is 4.79 Å². The molecule has 0 fully saturated rings. The minimum absolute atomic E-state index is 0.195. The van der Waals surface area contributed by atoms with Gasteiger partial charge in [0.25, 0.3) is 11.6 Å². The van der Waals surface area contributed by atoms with Crippen molar-refractivity contribution in [2.24, 2.45) is 0 Å². The molecule has 0 bridgehead atoms. The minimum atomic E-state index is -0.250. The number of nitrogens with zero attached hydrogens (tertiary/aromatic N) is 3. The molecule has 0 atom stereocenters. The summed E-state index contributed by atoms with van der Waals surface area (Å²) in [5.41, 5.74) is 3.32. The predicted octanol–water partition coefficient (Wildman–Crippen LogP) is 2.12. The van der Waals surface area contributed by atoms with Crippen LogP contribution in [0.3, 0.4) is 0 Å². The van der Waals surface area contributed by atoms with Gasteiger partial charge in [0.05, 0.1) is 12.3 Å². The first-order valence-electron chi connectivity index (χ1n) is 6.78. The Labute approximate surface area is 121 Å². The first-order chi connectivity index (χ1) is 10.1. The average molecular weight is 284 g/mol. The van der Waals surface area contributed by atoms with Gasteiger partial charge in [-0.3, -0.25) is 9.78 Å². The quantitative estimate of drug-likeness (QED) is 0.799. The second-order valence-electron chi connectivity index (χ2n) is 4.90. The molecule has 6 nitrogen and oxygen atoms in total. The highest BCUT2D eigenvalue weighted by molar-refractivity contribution is 5.73. The van der Waals surface area contributed by atoms with Gasteiger partial charge in [-0.15, -0.1) is 5.10 Å². The number of fused-ring (bicyclic) bond motifs is 1. The molecule has 0 amide bonds. The molecule has 1 N–H and O–H groups in total. The average Bonchev–Trinajstić information content (AvgIpc) is 2.83. The number of hydrogen-bond donors (Lipinski definition) is 1. The van der Waals surface area contributed by atoms with Gasteiger partial charge in [-0.1, -0.05) is 17.7 Å². The van der Waals surface area contributed by atoms with Crippen LogP contribution >= 0.6 is 0 Å². The number of hydrogen-bond acceptors (Lipinski definition) is 4. The number of H-pyrrole nitrogens is 1. The summed E-state index contributed by atoms with van der Waals surface area (Å²) >= 11 is 0. The Morgan fingerprint density at radius 3 is 2.86 bits per heavy atom. The Hall–Kier alpha value is -2.63. The van der Waals surface area contributed by atoms with Gasteiger partial charge in [-0.2, -0.15) is 4.98 Å². The molecule has 0 unspecified atom stereocenters. The summed E-state index contributed by atoms with van der Waals surface area (Å²) in [4.78, 5) is 18.8. The van der Waals surface area contributed by atoms with Crippen molar-refractivity contribution in [3.05, 3.63) is 45.9 Å². The lowest BCUT2D eigenvalue weighted by Crippen LogP contribution is -2.09. The summed E-state index contributed by atoms with van der Waals surface area (Å²) in [6.45, 7) is 6.32. The van der Waals surface area contributed by atoms with Crippen molar-refractivity contribution in [1.29, 1.82) is 0 Å². The van der Waals surface area contributed by atoms with Crippen LogP contribution in [0, 0.1) is 13.8 Å². The van der Waals surface area contributed by atoms with Crippen molar-refractivity contribution in [2.45, 2.75) is 20.8 Å². The Balaban J connectivity index is 2.16. The van der Waals surface area contributed by atoms with Gasteiger partial charge in [0.2, 0.25) is 0 Å². The smallest absolute Gasteiger partial charge is 0.298 e. The minimum Gasteiger partial charge on any atom is -0.465 e. The maximum absolute atomic E-state index is 12.0. The topological polar surface area (TPSA) is 72.8 Å². The monoisotopic (exact) mass is 284 g/mol. The Bertz CT molecular complexity index is 864. The third kappa shape index (κ3) is 2.40. The van der Waals surface area contributed by atoms with E-state index in [1.54, 1.807) is 10.9 Å². The molecular weight excluding hydrogens is 268 g/mol. The van der Waals surface area contributed by atoms with Crippen molar-refractivity contribution >= 4 is 11.0 Å². The van der Waals surface area contributed by atoms with E-state index in [0.29, 0.717) is 17.6 Å². The van der Waals surface area contributed by atoms with Crippen LogP contribution in [-0.2, 0) is 0 Å². The summed E-state index contributed by atoms with van der Waals surface area (Å²) in [5, 5.41) is 4.83. The number of aryl methyl sites for hydroxylation is 2. The summed E-state index contributed by atoms with van der Waals surface area (Å²) in [6.07, 6.45) is 1.69. The highest BCUT2D eigenvalue weighted by Crippen LogP contribution is 2.17. The van der Waals surface area contributed by atoms with Crippen molar-refractivity contribution in [2.75, 3.05) is 6.61 Å². The lowest BCUT2D eigenvalue weighted by Gasteiger charge is -2.05. The molecule has 3 aromatic rings. The van der Waals surface area contributed by atoms with Gasteiger partial charge in [0.15, 0.2) is 5.65 Å². The molecule has 0 saturated heterocycles. The van der Waals surface area contributed by atoms with Crippen molar-refractivity contribution < 1.29 is 4.74 Å². The molecule has 3 rings (SSSR count). The fourth-order valence-corrected chi connectivity index (χ4v) is 2.29. The molecule has 0 aliphatic heterocycles. The number of nitrogens with one attached hydrogen (secondary N) is 1. The number of benzene rings is 1. The second-order valence-corrected chi connectivity index (χ2v) is 4.90. The molecule has 0 spiro atoms. The van der Waals surface area contributed by atoms with E-state index in [1.165, 1.54) is 5.56 Å². The highest BCUT2D eigenvalue weighted by atomic mass is 16.5. The molecule has 0 saturated carbocycles. The third-order valence-corrected chi connectivity index (χ3v) is 3.25. The third-order valence-electron chi connectivity index (χ3n) is 3.25. The van der Waals surface area contributed by atoms with Crippen LogP contribution in [0.25, 0.3) is 16.7 Å². The molecule has 6 heteroatoms. The van der Waals surface area contributed by atoms with Crippen LogP contribution in [0.15, 0.2) is 29.2 Å². The zero-order valence-corrected chi connectivity index (χ0v) is 12.2. The van der Waals surface area contributed by atoms with Crippen molar-refractivity contribution in [3.8, 4) is 11.7 Å². The fraction of sp³-hybridized carbons (Fsp3) is 0.267. The van der Waals surface area contributed by atoms with E-state index in [1.807, 2.05) is 32.9 Å². The van der Waals surface area contributed by atoms with Gasteiger partial charge in [0, 0.05) is 6.20 Å². The summed E-state index contributed by atoms with van der Waals surface area (Å²) in [5.74, 6) is 0. The van der Waals surface area contributed by atoms with Crippen LogP contribution < -0.4 is 10.3 Å². The van der Waals surface area contributed by atoms with E-state index in [-0.39, 0.29) is 11.6 Å². The first kappa shape index (κ1) is 13.4. The highest BCUT2D eigenvalue weighted by Gasteiger charge is 2.11. The largest absolute Gasteiger partial charge is 0.465 e. The van der Waals surface area contributed by atoms with Crippen LogP contribution in [0.2, 0.25) is 0 Å². The second kappa shape index (κ2) is 5.05. The van der Waals surface area contributed by atoms with E-state index >= 15 is 0 Å². The number of aromatic nitrogens is 4. The zero-order chi connectivity index (χ0) is 15.0. The van der Waals surface area contributed by atoms with Crippen molar-refractivity contribution in [1.82, 2.24) is 19.7 Å². The SMILES string of the molecule is CCOc1nc2nn(-c3ccc(C)cc3C)cc2c(=O)[nH]1. The van der Waals surface area contributed by atoms with Crippen LogP contribution in [0.4, 0.5) is 0 Å². The molecule has 0 aliphatic rings. The standard InChI is InChI=1S/C15H16N4O2/c1-4-21-15-16-13-11(14(20)17-15)8-19(18-13)12-6-5-9(2)7-10(12)3/h5-8H,4H2,1-3H3,(H,16,17,18,20).